The Bertz CT molecular complexity index is 584. The average molecular weight is 344 g/mol. The number of hydrogen-bond acceptors (Lipinski definition) is 2. The minimum atomic E-state index is -0.484. The van der Waals surface area contributed by atoms with E-state index in [9.17, 15) is 4.39 Å². The molecule has 5 heteroatoms. The van der Waals surface area contributed by atoms with E-state index in [2.05, 4.69) is 21.4 Å². The van der Waals surface area contributed by atoms with E-state index in [0.29, 0.717) is 10.6 Å². The van der Waals surface area contributed by atoms with Crippen LogP contribution in [0.4, 0.5) is 4.39 Å². The summed E-state index contributed by atoms with van der Waals surface area (Å²) in [6.45, 7) is 1.94. The molecule has 0 bridgehead atoms. The number of benzene rings is 2. The van der Waals surface area contributed by atoms with E-state index in [1.807, 2.05) is 25.1 Å². The summed E-state index contributed by atoms with van der Waals surface area (Å²) in [4.78, 5) is 0. The van der Waals surface area contributed by atoms with Crippen molar-refractivity contribution in [3.05, 3.63) is 68.4 Å². The zero-order chi connectivity index (χ0) is 14.0. The standard InChI is InChI=1S/C14H13BrClFN2/c1-8-7-9(15)5-6-10(8)14(19-18)13-11(16)3-2-4-12(13)17/h2-7,14,19H,18H2,1H3. The molecular formula is C14H13BrClFN2. The van der Waals surface area contributed by atoms with Crippen LogP contribution in [0.1, 0.15) is 22.7 Å². The zero-order valence-corrected chi connectivity index (χ0v) is 12.6. The molecule has 0 aliphatic rings. The van der Waals surface area contributed by atoms with Gasteiger partial charge in [-0.3, -0.25) is 5.84 Å². The number of rotatable bonds is 3. The van der Waals surface area contributed by atoms with E-state index in [1.54, 1.807) is 12.1 Å². The maximum Gasteiger partial charge on any atom is 0.129 e. The molecule has 0 saturated carbocycles. The Morgan fingerprint density at radius 1 is 1.32 bits per heavy atom. The van der Waals surface area contributed by atoms with E-state index in [0.717, 1.165) is 15.6 Å². The second-order valence-corrected chi connectivity index (χ2v) is 5.56. The number of halogens is 3. The first-order valence-electron chi connectivity index (χ1n) is 5.70. The highest BCUT2D eigenvalue weighted by atomic mass is 79.9. The number of hydrazine groups is 1. The predicted octanol–water partition coefficient (Wildman–Crippen LogP) is 4.10. The van der Waals surface area contributed by atoms with Gasteiger partial charge >= 0.3 is 0 Å². The molecule has 0 fully saturated rings. The first-order chi connectivity index (χ1) is 9.04. The summed E-state index contributed by atoms with van der Waals surface area (Å²) in [5, 5.41) is 0.352. The van der Waals surface area contributed by atoms with Crippen LogP contribution in [0, 0.1) is 12.7 Å². The van der Waals surface area contributed by atoms with Crippen LogP contribution in [-0.2, 0) is 0 Å². The fourth-order valence-corrected chi connectivity index (χ4v) is 2.83. The molecule has 2 aromatic carbocycles. The molecule has 0 radical (unpaired) electrons. The Labute approximate surface area is 124 Å². The van der Waals surface area contributed by atoms with Gasteiger partial charge in [0.25, 0.3) is 0 Å². The molecule has 2 aromatic rings. The molecule has 2 nitrogen and oxygen atoms in total. The van der Waals surface area contributed by atoms with Crippen LogP contribution in [-0.4, -0.2) is 0 Å². The van der Waals surface area contributed by atoms with Crippen molar-refractivity contribution in [2.24, 2.45) is 5.84 Å². The number of nitrogens with one attached hydrogen (secondary N) is 1. The molecule has 100 valence electrons. The second-order valence-electron chi connectivity index (χ2n) is 4.24. The molecule has 1 atom stereocenters. The molecule has 1 unspecified atom stereocenters. The van der Waals surface area contributed by atoms with Crippen molar-refractivity contribution >= 4 is 27.5 Å². The number of hydrogen-bond donors (Lipinski definition) is 2. The van der Waals surface area contributed by atoms with E-state index in [1.165, 1.54) is 6.07 Å². The lowest BCUT2D eigenvalue weighted by Crippen LogP contribution is -2.30. The second kappa shape index (κ2) is 6.01. The topological polar surface area (TPSA) is 38.0 Å². The largest absolute Gasteiger partial charge is 0.271 e. The van der Waals surface area contributed by atoms with Gasteiger partial charge in [-0.25, -0.2) is 9.82 Å². The molecule has 19 heavy (non-hydrogen) atoms. The van der Waals surface area contributed by atoms with Gasteiger partial charge in [-0.15, -0.1) is 0 Å². The molecular weight excluding hydrogens is 331 g/mol. The zero-order valence-electron chi connectivity index (χ0n) is 10.3. The van der Waals surface area contributed by atoms with Gasteiger partial charge in [-0.05, 0) is 42.3 Å². The van der Waals surface area contributed by atoms with Gasteiger partial charge < -0.3 is 0 Å². The highest BCUT2D eigenvalue weighted by Gasteiger charge is 2.21. The van der Waals surface area contributed by atoms with E-state index < -0.39 is 6.04 Å². The number of aryl methyl sites for hydroxylation is 1. The summed E-state index contributed by atoms with van der Waals surface area (Å²) < 4.78 is 15.0. The third-order valence-corrected chi connectivity index (χ3v) is 3.82. The fraction of sp³-hybridized carbons (Fsp3) is 0.143. The molecule has 3 N–H and O–H groups in total. The Kier molecular flexibility index (Phi) is 4.58. The minimum Gasteiger partial charge on any atom is -0.271 e. The lowest BCUT2D eigenvalue weighted by Gasteiger charge is -2.21. The van der Waals surface area contributed by atoms with Gasteiger partial charge in [-0.2, -0.15) is 0 Å². The molecule has 0 amide bonds. The normalized spacial score (nSPS) is 12.5. The maximum absolute atomic E-state index is 14.0. The summed E-state index contributed by atoms with van der Waals surface area (Å²) in [5.74, 6) is 5.22. The highest BCUT2D eigenvalue weighted by Crippen LogP contribution is 2.32. The van der Waals surface area contributed by atoms with Crippen molar-refractivity contribution in [3.63, 3.8) is 0 Å². The third-order valence-electron chi connectivity index (χ3n) is 3.00. The van der Waals surface area contributed by atoms with Crippen LogP contribution in [0.2, 0.25) is 5.02 Å². The summed E-state index contributed by atoms with van der Waals surface area (Å²) >= 11 is 9.49. The Hall–Kier alpha value is -0.940. The van der Waals surface area contributed by atoms with E-state index >= 15 is 0 Å². The van der Waals surface area contributed by atoms with Gasteiger partial charge in [-0.1, -0.05) is 39.7 Å². The monoisotopic (exact) mass is 342 g/mol. The summed E-state index contributed by atoms with van der Waals surface area (Å²) in [6.07, 6.45) is 0. The Morgan fingerprint density at radius 3 is 2.63 bits per heavy atom. The fourth-order valence-electron chi connectivity index (χ4n) is 2.08. The summed E-state index contributed by atoms with van der Waals surface area (Å²) in [7, 11) is 0. The van der Waals surface area contributed by atoms with Crippen LogP contribution in [0.5, 0.6) is 0 Å². The lowest BCUT2D eigenvalue weighted by atomic mass is 9.95. The summed E-state index contributed by atoms with van der Waals surface area (Å²) in [6, 6.07) is 9.85. The Balaban J connectivity index is 2.56. The highest BCUT2D eigenvalue weighted by molar-refractivity contribution is 9.10. The van der Waals surface area contributed by atoms with Crippen LogP contribution < -0.4 is 11.3 Å². The average Bonchev–Trinajstić information content (AvgIpc) is 2.35. The molecule has 0 aliphatic heterocycles. The first-order valence-corrected chi connectivity index (χ1v) is 6.87. The van der Waals surface area contributed by atoms with Crippen molar-refractivity contribution in [2.45, 2.75) is 13.0 Å². The number of nitrogens with two attached hydrogens (primary N) is 1. The minimum absolute atomic E-state index is 0.352. The Morgan fingerprint density at radius 2 is 2.05 bits per heavy atom. The van der Waals surface area contributed by atoms with Crippen molar-refractivity contribution in [2.75, 3.05) is 0 Å². The molecule has 0 aromatic heterocycles. The summed E-state index contributed by atoms with van der Waals surface area (Å²) in [5.41, 5.74) is 4.88. The molecule has 0 heterocycles. The van der Waals surface area contributed by atoms with Crippen molar-refractivity contribution in [1.82, 2.24) is 5.43 Å². The van der Waals surface area contributed by atoms with Crippen molar-refractivity contribution in [1.29, 1.82) is 0 Å². The maximum atomic E-state index is 14.0. The molecule has 2 rings (SSSR count). The van der Waals surface area contributed by atoms with E-state index in [4.69, 9.17) is 17.4 Å². The molecule has 0 spiro atoms. The molecule has 0 saturated heterocycles. The van der Waals surface area contributed by atoms with Crippen LogP contribution in [0.25, 0.3) is 0 Å². The van der Waals surface area contributed by atoms with E-state index in [-0.39, 0.29) is 5.82 Å². The van der Waals surface area contributed by atoms with Gasteiger partial charge in [0, 0.05) is 15.1 Å². The van der Waals surface area contributed by atoms with Crippen LogP contribution in [0.15, 0.2) is 40.9 Å². The van der Waals surface area contributed by atoms with Gasteiger partial charge in [0.15, 0.2) is 0 Å². The van der Waals surface area contributed by atoms with Gasteiger partial charge in [0.05, 0.1) is 6.04 Å². The quantitative estimate of drug-likeness (QED) is 0.650. The SMILES string of the molecule is Cc1cc(Br)ccc1C(NN)c1c(F)cccc1Cl. The smallest absolute Gasteiger partial charge is 0.129 e. The van der Waals surface area contributed by atoms with Gasteiger partial charge in [0.2, 0.25) is 0 Å². The third kappa shape index (κ3) is 2.98. The predicted molar refractivity (Wildman–Crippen MR) is 79.5 cm³/mol. The molecule has 0 aliphatic carbocycles. The van der Waals surface area contributed by atoms with Crippen molar-refractivity contribution < 1.29 is 4.39 Å². The van der Waals surface area contributed by atoms with Gasteiger partial charge in [0.1, 0.15) is 5.82 Å². The van der Waals surface area contributed by atoms with Crippen LogP contribution in [0.3, 0.4) is 0 Å². The van der Waals surface area contributed by atoms with Crippen LogP contribution >= 0.6 is 27.5 Å². The lowest BCUT2D eigenvalue weighted by molar-refractivity contribution is 0.559. The first kappa shape index (κ1) is 14.5. The van der Waals surface area contributed by atoms with Crippen molar-refractivity contribution in [3.8, 4) is 0 Å².